The maximum Gasteiger partial charge on any atom is 0.261 e. The van der Waals surface area contributed by atoms with Crippen LogP contribution in [-0.4, -0.2) is 51.9 Å². The number of benzene rings is 1. The summed E-state index contributed by atoms with van der Waals surface area (Å²) in [5, 5.41) is 7.46. The lowest BCUT2D eigenvalue weighted by Crippen LogP contribution is -2.41. The molecule has 0 spiro atoms. The van der Waals surface area contributed by atoms with Gasteiger partial charge in [0.15, 0.2) is 0 Å². The summed E-state index contributed by atoms with van der Waals surface area (Å²) in [6.45, 7) is 9.46. The molecule has 3 rings (SSSR count). The van der Waals surface area contributed by atoms with E-state index in [0.29, 0.717) is 17.4 Å². The number of anilines is 1. The van der Waals surface area contributed by atoms with E-state index in [2.05, 4.69) is 34.4 Å². The first kappa shape index (κ1) is 21.0. The number of amides is 2. The number of hydrogen-bond acceptors (Lipinski definition) is 5. The van der Waals surface area contributed by atoms with Crippen molar-refractivity contribution in [3.8, 4) is 0 Å². The fourth-order valence-corrected chi connectivity index (χ4v) is 3.76. The molecule has 29 heavy (non-hydrogen) atoms. The molecule has 1 unspecified atom stereocenters. The van der Waals surface area contributed by atoms with E-state index in [1.165, 1.54) is 11.3 Å². The van der Waals surface area contributed by atoms with E-state index in [1.54, 1.807) is 13.0 Å². The first-order valence-electron chi connectivity index (χ1n) is 9.86. The molecular formula is C21H27N5O2S. The third kappa shape index (κ3) is 5.02. The molecule has 0 radical (unpaired) electrons. The third-order valence-electron chi connectivity index (χ3n) is 4.91. The van der Waals surface area contributed by atoms with E-state index in [1.807, 2.05) is 40.3 Å². The van der Waals surface area contributed by atoms with E-state index >= 15 is 0 Å². The number of imidazole rings is 1. The van der Waals surface area contributed by atoms with Gasteiger partial charge in [-0.1, -0.05) is 32.0 Å². The van der Waals surface area contributed by atoms with Crippen molar-refractivity contribution in [2.45, 2.75) is 33.4 Å². The number of nitrogens with one attached hydrogen (secondary N) is 2. The van der Waals surface area contributed by atoms with Crippen LogP contribution in [0.1, 0.15) is 30.4 Å². The van der Waals surface area contributed by atoms with Crippen molar-refractivity contribution in [1.82, 2.24) is 19.8 Å². The molecule has 0 fully saturated rings. The van der Waals surface area contributed by atoms with Gasteiger partial charge in [0, 0.05) is 13.1 Å². The molecule has 2 amide bonds. The molecule has 1 atom stereocenters. The van der Waals surface area contributed by atoms with Crippen LogP contribution in [0.2, 0.25) is 0 Å². The van der Waals surface area contributed by atoms with Gasteiger partial charge in [-0.2, -0.15) is 0 Å². The molecule has 0 bridgehead atoms. The minimum Gasteiger partial charge on any atom is -0.340 e. The van der Waals surface area contributed by atoms with Crippen molar-refractivity contribution < 1.29 is 9.59 Å². The molecule has 2 heterocycles. The highest BCUT2D eigenvalue weighted by Crippen LogP contribution is 2.20. The summed E-state index contributed by atoms with van der Waals surface area (Å²) in [6.07, 6.45) is 0. The second kappa shape index (κ2) is 9.67. The Labute approximate surface area is 174 Å². The highest BCUT2D eigenvalue weighted by atomic mass is 32.1. The summed E-state index contributed by atoms with van der Waals surface area (Å²) in [7, 11) is 0. The molecule has 3 aromatic rings. The van der Waals surface area contributed by atoms with Gasteiger partial charge in [-0.15, -0.1) is 11.3 Å². The van der Waals surface area contributed by atoms with E-state index in [0.717, 1.165) is 30.7 Å². The molecule has 1 aromatic carbocycles. The number of aromatic nitrogens is 2. The Morgan fingerprint density at radius 3 is 2.62 bits per heavy atom. The van der Waals surface area contributed by atoms with Crippen molar-refractivity contribution in [3.63, 3.8) is 0 Å². The van der Waals surface area contributed by atoms with Crippen molar-refractivity contribution in [1.29, 1.82) is 0 Å². The third-order valence-corrected chi connectivity index (χ3v) is 5.78. The second-order valence-corrected chi connectivity index (χ2v) is 7.71. The Bertz CT molecular complexity index is 963. The number of para-hydroxylation sites is 2. The van der Waals surface area contributed by atoms with E-state index in [-0.39, 0.29) is 11.8 Å². The van der Waals surface area contributed by atoms with Gasteiger partial charge in [-0.05, 0) is 43.6 Å². The van der Waals surface area contributed by atoms with Crippen molar-refractivity contribution in [3.05, 3.63) is 46.7 Å². The first-order valence-corrected chi connectivity index (χ1v) is 10.7. The maximum absolute atomic E-state index is 12.7. The lowest BCUT2D eigenvalue weighted by atomic mass is 10.3. The monoisotopic (exact) mass is 413 g/mol. The molecule has 2 aromatic heterocycles. The number of fused-ring (bicyclic) bond motifs is 1. The van der Waals surface area contributed by atoms with Crippen LogP contribution in [0.3, 0.4) is 0 Å². The van der Waals surface area contributed by atoms with Crippen molar-refractivity contribution in [2.24, 2.45) is 0 Å². The molecule has 0 aliphatic rings. The first-order chi connectivity index (χ1) is 14.0. The van der Waals surface area contributed by atoms with Crippen LogP contribution in [-0.2, 0) is 11.3 Å². The van der Waals surface area contributed by atoms with Crippen LogP contribution < -0.4 is 10.6 Å². The summed E-state index contributed by atoms with van der Waals surface area (Å²) in [6, 6.07) is 10.7. The predicted molar refractivity (Wildman–Crippen MR) is 117 cm³/mol. The largest absolute Gasteiger partial charge is 0.340 e. The molecule has 2 N–H and O–H groups in total. The number of thiophene rings is 1. The Balaban J connectivity index is 1.75. The van der Waals surface area contributed by atoms with Crippen molar-refractivity contribution in [2.75, 3.05) is 25.0 Å². The number of rotatable bonds is 9. The zero-order valence-electron chi connectivity index (χ0n) is 17.0. The Morgan fingerprint density at radius 2 is 1.93 bits per heavy atom. The Morgan fingerprint density at radius 1 is 1.17 bits per heavy atom. The number of carbonyl (C=O) groups excluding carboxylic acids is 2. The number of carbonyl (C=O) groups is 2. The molecule has 0 aliphatic carbocycles. The van der Waals surface area contributed by atoms with Crippen LogP contribution in [0.25, 0.3) is 11.0 Å². The molecular weight excluding hydrogens is 386 g/mol. The normalized spacial score (nSPS) is 12.3. The van der Waals surface area contributed by atoms with Gasteiger partial charge < -0.3 is 14.8 Å². The average Bonchev–Trinajstić information content (AvgIpc) is 3.37. The fourth-order valence-electron chi connectivity index (χ4n) is 3.14. The summed E-state index contributed by atoms with van der Waals surface area (Å²) < 4.78 is 2.03. The van der Waals surface area contributed by atoms with Gasteiger partial charge in [0.25, 0.3) is 5.91 Å². The van der Waals surface area contributed by atoms with Crippen LogP contribution in [0, 0.1) is 0 Å². The average molecular weight is 414 g/mol. The number of nitrogens with zero attached hydrogens (tertiary/aromatic N) is 3. The summed E-state index contributed by atoms with van der Waals surface area (Å²) in [5.74, 6) is -0.0485. The second-order valence-electron chi connectivity index (χ2n) is 6.76. The van der Waals surface area contributed by atoms with Gasteiger partial charge in [0.1, 0.15) is 6.04 Å². The van der Waals surface area contributed by atoms with Crippen LogP contribution in [0.4, 0.5) is 5.95 Å². The fraction of sp³-hybridized carbons (Fsp3) is 0.381. The summed E-state index contributed by atoms with van der Waals surface area (Å²) >= 11 is 1.34. The lowest BCUT2D eigenvalue weighted by molar-refractivity contribution is -0.117. The molecule has 0 saturated carbocycles. The van der Waals surface area contributed by atoms with Gasteiger partial charge >= 0.3 is 0 Å². The summed E-state index contributed by atoms with van der Waals surface area (Å²) in [5.41, 5.74) is 1.81. The Hall–Kier alpha value is -2.71. The zero-order valence-corrected chi connectivity index (χ0v) is 17.8. The zero-order chi connectivity index (χ0) is 20.8. The molecule has 8 heteroatoms. The molecule has 7 nitrogen and oxygen atoms in total. The topological polar surface area (TPSA) is 79.3 Å². The van der Waals surface area contributed by atoms with E-state index < -0.39 is 6.04 Å². The maximum atomic E-state index is 12.7. The highest BCUT2D eigenvalue weighted by Gasteiger charge is 2.20. The van der Waals surface area contributed by atoms with Gasteiger partial charge in [0.05, 0.1) is 15.9 Å². The minimum absolute atomic E-state index is 0.252. The smallest absolute Gasteiger partial charge is 0.261 e. The predicted octanol–water partition coefficient (Wildman–Crippen LogP) is 3.20. The van der Waals surface area contributed by atoms with Gasteiger partial charge in [-0.3, -0.25) is 14.9 Å². The van der Waals surface area contributed by atoms with Crippen LogP contribution in [0.5, 0.6) is 0 Å². The highest BCUT2D eigenvalue weighted by molar-refractivity contribution is 7.12. The van der Waals surface area contributed by atoms with Crippen LogP contribution in [0.15, 0.2) is 41.8 Å². The molecule has 154 valence electrons. The van der Waals surface area contributed by atoms with Crippen molar-refractivity contribution >= 4 is 40.1 Å². The van der Waals surface area contributed by atoms with Crippen LogP contribution >= 0.6 is 11.3 Å². The quantitative estimate of drug-likeness (QED) is 0.565. The molecule has 0 saturated heterocycles. The summed E-state index contributed by atoms with van der Waals surface area (Å²) in [4.78, 5) is 32.4. The SMILES string of the molecule is CCN(CC)CCn1c(NC(=O)C(C)NC(=O)c2cccs2)nc2ccccc21. The van der Waals surface area contributed by atoms with E-state index in [9.17, 15) is 9.59 Å². The number of hydrogen-bond donors (Lipinski definition) is 2. The lowest BCUT2D eigenvalue weighted by Gasteiger charge is -2.20. The van der Waals surface area contributed by atoms with E-state index in [4.69, 9.17) is 0 Å². The minimum atomic E-state index is -0.680. The Kier molecular flexibility index (Phi) is 7.00. The molecule has 0 aliphatic heterocycles. The number of likely N-dealkylation sites (N-methyl/N-ethyl adjacent to an activating group) is 1. The van der Waals surface area contributed by atoms with Gasteiger partial charge in [0.2, 0.25) is 11.9 Å². The van der Waals surface area contributed by atoms with Gasteiger partial charge in [-0.25, -0.2) is 4.98 Å². The standard InChI is InChI=1S/C21H27N5O2S/c1-4-25(5-2)12-13-26-17-10-7-6-9-16(17)23-21(26)24-19(27)15(3)22-20(28)18-11-8-14-29-18/h6-11,14-15H,4-5,12-13H2,1-3H3,(H,22,28)(H,23,24,27).